The molecule has 0 bridgehead atoms. The monoisotopic (exact) mass is 258 g/mol. The molecule has 0 saturated carbocycles. The molecule has 1 aromatic carbocycles. The Labute approximate surface area is 113 Å². The van der Waals surface area contributed by atoms with Gasteiger partial charge in [0.15, 0.2) is 0 Å². The highest BCUT2D eigenvalue weighted by Crippen LogP contribution is 2.33. The molecule has 1 aliphatic rings. The van der Waals surface area contributed by atoms with Crippen molar-refractivity contribution in [1.82, 2.24) is 0 Å². The molecule has 0 amide bonds. The molecule has 2 rings (SSSR count). The Balaban J connectivity index is 2.44. The zero-order valence-electron chi connectivity index (χ0n) is 11.1. The maximum absolute atomic E-state index is 12.1. The summed E-state index contributed by atoms with van der Waals surface area (Å²) in [4.78, 5) is 12.1. The number of carbonyl (C=O) groups excluding carboxylic acids is 1. The van der Waals surface area contributed by atoms with E-state index in [1.165, 1.54) is 7.11 Å². The second-order valence-corrected chi connectivity index (χ2v) is 4.40. The minimum Gasteiger partial charge on any atom is -0.497 e. The smallest absolute Gasteiger partial charge is 0.338 e. The number of ether oxygens (including phenoxy) is 2. The first-order chi connectivity index (χ1) is 9.27. The summed E-state index contributed by atoms with van der Waals surface area (Å²) in [5.41, 5.74) is 1.59. The molecule has 0 spiro atoms. The van der Waals surface area contributed by atoms with Gasteiger partial charge in [-0.1, -0.05) is 36.4 Å². The Morgan fingerprint density at radius 3 is 2.68 bits per heavy atom. The van der Waals surface area contributed by atoms with E-state index in [9.17, 15) is 4.79 Å². The zero-order valence-corrected chi connectivity index (χ0v) is 11.1. The van der Waals surface area contributed by atoms with Gasteiger partial charge in [0.05, 0.1) is 19.3 Å². The van der Waals surface area contributed by atoms with Gasteiger partial charge in [-0.15, -0.1) is 6.58 Å². The fourth-order valence-electron chi connectivity index (χ4n) is 2.32. The highest BCUT2D eigenvalue weighted by molar-refractivity contribution is 5.91. The quantitative estimate of drug-likeness (QED) is 0.472. The predicted octanol–water partition coefficient (Wildman–Crippen LogP) is 3.19. The SMILES string of the molecule is C=CC(/C(C(=O)OC)=C1/CCCO1)c1ccccc1. The average molecular weight is 258 g/mol. The average Bonchev–Trinajstić information content (AvgIpc) is 2.98. The summed E-state index contributed by atoms with van der Waals surface area (Å²) in [5, 5.41) is 0. The van der Waals surface area contributed by atoms with Gasteiger partial charge in [0.2, 0.25) is 0 Å². The molecule has 1 unspecified atom stereocenters. The molecule has 0 aliphatic carbocycles. The molecule has 3 nitrogen and oxygen atoms in total. The highest BCUT2D eigenvalue weighted by atomic mass is 16.5. The van der Waals surface area contributed by atoms with E-state index in [1.807, 2.05) is 30.3 Å². The third kappa shape index (κ3) is 2.87. The van der Waals surface area contributed by atoms with Gasteiger partial charge >= 0.3 is 5.97 Å². The maximum Gasteiger partial charge on any atom is 0.338 e. The van der Waals surface area contributed by atoms with Crippen molar-refractivity contribution in [3.05, 3.63) is 59.9 Å². The molecule has 1 aromatic rings. The molecular formula is C16H18O3. The molecule has 0 radical (unpaired) electrons. The molecule has 0 N–H and O–H groups in total. The predicted molar refractivity (Wildman–Crippen MR) is 73.6 cm³/mol. The van der Waals surface area contributed by atoms with Crippen LogP contribution in [0, 0.1) is 0 Å². The molecule has 100 valence electrons. The van der Waals surface area contributed by atoms with Gasteiger partial charge < -0.3 is 9.47 Å². The summed E-state index contributed by atoms with van der Waals surface area (Å²) >= 11 is 0. The van der Waals surface area contributed by atoms with Crippen LogP contribution in [0.3, 0.4) is 0 Å². The van der Waals surface area contributed by atoms with E-state index in [4.69, 9.17) is 9.47 Å². The number of allylic oxidation sites excluding steroid dienone is 2. The summed E-state index contributed by atoms with van der Waals surface area (Å²) in [7, 11) is 1.39. The van der Waals surface area contributed by atoms with Crippen LogP contribution in [0.25, 0.3) is 0 Å². The van der Waals surface area contributed by atoms with Crippen LogP contribution in [-0.4, -0.2) is 19.7 Å². The Morgan fingerprint density at radius 2 is 2.16 bits per heavy atom. The third-order valence-electron chi connectivity index (χ3n) is 3.24. The highest BCUT2D eigenvalue weighted by Gasteiger charge is 2.27. The topological polar surface area (TPSA) is 35.5 Å². The first-order valence-corrected chi connectivity index (χ1v) is 6.39. The molecule has 19 heavy (non-hydrogen) atoms. The van der Waals surface area contributed by atoms with E-state index < -0.39 is 0 Å². The summed E-state index contributed by atoms with van der Waals surface area (Å²) in [6.07, 6.45) is 3.48. The summed E-state index contributed by atoms with van der Waals surface area (Å²) < 4.78 is 10.5. The molecule has 1 fully saturated rings. The van der Waals surface area contributed by atoms with Crippen LogP contribution in [-0.2, 0) is 14.3 Å². The minimum atomic E-state index is -0.342. The number of carbonyl (C=O) groups is 1. The summed E-state index contributed by atoms with van der Waals surface area (Å²) in [6.45, 7) is 4.51. The van der Waals surface area contributed by atoms with Gasteiger partial charge in [-0.2, -0.15) is 0 Å². The van der Waals surface area contributed by atoms with E-state index in [2.05, 4.69) is 6.58 Å². The number of hydrogen-bond acceptors (Lipinski definition) is 3. The molecule has 1 aliphatic heterocycles. The number of methoxy groups -OCH3 is 1. The number of benzene rings is 1. The standard InChI is InChI=1S/C16H18O3/c1-3-13(12-8-5-4-6-9-12)15(16(17)18-2)14-10-7-11-19-14/h3-6,8-9,13H,1,7,10-11H2,2H3/b15-14+. The lowest BCUT2D eigenvalue weighted by molar-refractivity contribution is -0.136. The van der Waals surface area contributed by atoms with Crippen molar-refractivity contribution in [1.29, 1.82) is 0 Å². The van der Waals surface area contributed by atoms with Crippen molar-refractivity contribution in [3.8, 4) is 0 Å². The Kier molecular flexibility index (Phi) is 4.39. The largest absolute Gasteiger partial charge is 0.497 e. The lowest BCUT2D eigenvalue weighted by Gasteiger charge is -2.17. The van der Waals surface area contributed by atoms with E-state index in [0.717, 1.165) is 24.2 Å². The minimum absolute atomic E-state index is 0.193. The number of esters is 1. The zero-order chi connectivity index (χ0) is 13.7. The fourth-order valence-corrected chi connectivity index (χ4v) is 2.32. The first kappa shape index (κ1) is 13.4. The van der Waals surface area contributed by atoms with Gasteiger partial charge in [0.25, 0.3) is 0 Å². The summed E-state index contributed by atoms with van der Waals surface area (Å²) in [6, 6.07) is 9.79. The van der Waals surface area contributed by atoms with Gasteiger partial charge in [0.1, 0.15) is 5.76 Å². The van der Waals surface area contributed by atoms with Gasteiger partial charge in [-0.05, 0) is 12.0 Å². The molecule has 1 saturated heterocycles. The second-order valence-electron chi connectivity index (χ2n) is 4.40. The second kappa shape index (κ2) is 6.23. The van der Waals surface area contributed by atoms with Crippen LogP contribution in [0.2, 0.25) is 0 Å². The summed E-state index contributed by atoms with van der Waals surface area (Å²) in [5.74, 6) is 0.202. The van der Waals surface area contributed by atoms with E-state index in [0.29, 0.717) is 12.2 Å². The van der Waals surface area contributed by atoms with E-state index in [-0.39, 0.29) is 11.9 Å². The van der Waals surface area contributed by atoms with Crippen molar-refractivity contribution in [2.24, 2.45) is 0 Å². The molecule has 1 heterocycles. The lowest BCUT2D eigenvalue weighted by atomic mass is 9.89. The van der Waals surface area contributed by atoms with Crippen molar-refractivity contribution < 1.29 is 14.3 Å². The van der Waals surface area contributed by atoms with Crippen LogP contribution in [0.1, 0.15) is 24.3 Å². The number of rotatable bonds is 4. The number of hydrogen-bond donors (Lipinski definition) is 0. The Hall–Kier alpha value is -2.03. The Morgan fingerprint density at radius 1 is 1.42 bits per heavy atom. The van der Waals surface area contributed by atoms with Gasteiger partial charge in [-0.3, -0.25) is 0 Å². The van der Waals surface area contributed by atoms with Gasteiger partial charge in [-0.25, -0.2) is 4.79 Å². The first-order valence-electron chi connectivity index (χ1n) is 6.39. The van der Waals surface area contributed by atoms with Crippen LogP contribution >= 0.6 is 0 Å². The van der Waals surface area contributed by atoms with Gasteiger partial charge in [0, 0.05) is 12.3 Å². The van der Waals surface area contributed by atoms with Crippen molar-refractivity contribution in [2.75, 3.05) is 13.7 Å². The van der Waals surface area contributed by atoms with Crippen molar-refractivity contribution in [2.45, 2.75) is 18.8 Å². The normalized spacial score (nSPS) is 18.4. The van der Waals surface area contributed by atoms with Crippen molar-refractivity contribution in [3.63, 3.8) is 0 Å². The van der Waals surface area contributed by atoms with Crippen LogP contribution in [0.4, 0.5) is 0 Å². The molecular weight excluding hydrogens is 240 g/mol. The maximum atomic E-state index is 12.1. The third-order valence-corrected chi connectivity index (χ3v) is 3.24. The van der Waals surface area contributed by atoms with Crippen LogP contribution in [0.5, 0.6) is 0 Å². The molecule has 0 aromatic heterocycles. The Bertz CT molecular complexity index is 480. The molecule has 1 atom stereocenters. The fraction of sp³-hybridized carbons (Fsp3) is 0.312. The van der Waals surface area contributed by atoms with Crippen LogP contribution in [0.15, 0.2) is 54.3 Å². The van der Waals surface area contributed by atoms with Crippen molar-refractivity contribution >= 4 is 5.97 Å². The van der Waals surface area contributed by atoms with E-state index in [1.54, 1.807) is 6.08 Å². The van der Waals surface area contributed by atoms with Crippen LogP contribution < -0.4 is 0 Å². The molecule has 3 heteroatoms. The van der Waals surface area contributed by atoms with E-state index >= 15 is 0 Å². The lowest BCUT2D eigenvalue weighted by Crippen LogP contribution is -2.14.